The maximum atomic E-state index is 12.9. The number of amides is 2. The average molecular weight is 382 g/mol. The minimum atomic E-state index is -1.10. The SMILES string of the molecule is Cc1cccc(C(C)C)c1NC(=O)CN1C(=O)C(C)(C)Oc2ccc(N)nc21. The maximum absolute atomic E-state index is 12.9. The quantitative estimate of drug-likeness (QED) is 0.846. The Morgan fingerprint density at radius 1 is 1.29 bits per heavy atom. The molecule has 148 valence electrons. The summed E-state index contributed by atoms with van der Waals surface area (Å²) in [6, 6.07) is 9.17. The highest BCUT2D eigenvalue weighted by molar-refractivity contribution is 6.07. The Morgan fingerprint density at radius 2 is 2.00 bits per heavy atom. The number of benzene rings is 1. The zero-order valence-corrected chi connectivity index (χ0v) is 16.9. The number of anilines is 3. The van der Waals surface area contributed by atoms with E-state index in [4.69, 9.17) is 10.5 Å². The second-order valence-corrected chi connectivity index (χ2v) is 7.80. The number of carbonyl (C=O) groups excluding carboxylic acids is 2. The molecule has 1 aromatic carbocycles. The minimum absolute atomic E-state index is 0.180. The van der Waals surface area contributed by atoms with E-state index < -0.39 is 5.60 Å². The fourth-order valence-electron chi connectivity index (χ4n) is 3.27. The van der Waals surface area contributed by atoms with Crippen molar-refractivity contribution in [2.45, 2.75) is 46.1 Å². The Kier molecular flexibility index (Phi) is 5.02. The lowest BCUT2D eigenvalue weighted by Crippen LogP contribution is -2.54. The van der Waals surface area contributed by atoms with Crippen LogP contribution in [0.3, 0.4) is 0 Å². The van der Waals surface area contributed by atoms with Crippen LogP contribution in [-0.2, 0) is 9.59 Å². The fraction of sp³-hybridized carbons (Fsp3) is 0.381. The molecule has 3 N–H and O–H groups in total. The van der Waals surface area contributed by atoms with Crippen LogP contribution in [0.4, 0.5) is 17.3 Å². The topological polar surface area (TPSA) is 97.5 Å². The second kappa shape index (κ2) is 7.14. The number of hydrogen-bond donors (Lipinski definition) is 2. The highest BCUT2D eigenvalue weighted by Gasteiger charge is 2.42. The molecule has 1 aliphatic rings. The molecule has 0 aliphatic carbocycles. The summed E-state index contributed by atoms with van der Waals surface area (Å²) in [5.41, 5.74) is 7.47. The summed E-state index contributed by atoms with van der Waals surface area (Å²) in [7, 11) is 0. The molecule has 7 nitrogen and oxygen atoms in total. The first-order valence-corrected chi connectivity index (χ1v) is 9.27. The molecule has 2 aromatic rings. The van der Waals surface area contributed by atoms with E-state index in [0.717, 1.165) is 16.8 Å². The molecule has 0 fully saturated rings. The molecule has 0 unspecified atom stereocenters. The Labute approximate surface area is 164 Å². The van der Waals surface area contributed by atoms with Gasteiger partial charge < -0.3 is 15.8 Å². The molecule has 0 saturated carbocycles. The molecule has 0 atom stereocenters. The number of carbonyl (C=O) groups is 2. The van der Waals surface area contributed by atoms with Crippen molar-refractivity contribution in [2.75, 3.05) is 22.5 Å². The molecule has 3 rings (SSSR count). The lowest BCUT2D eigenvalue weighted by Gasteiger charge is -2.37. The van der Waals surface area contributed by atoms with Crippen molar-refractivity contribution in [2.24, 2.45) is 0 Å². The van der Waals surface area contributed by atoms with Gasteiger partial charge in [0.2, 0.25) is 5.91 Å². The van der Waals surface area contributed by atoms with Crippen LogP contribution in [0, 0.1) is 6.92 Å². The van der Waals surface area contributed by atoms with Gasteiger partial charge in [0.15, 0.2) is 17.2 Å². The van der Waals surface area contributed by atoms with Crippen molar-refractivity contribution in [3.63, 3.8) is 0 Å². The summed E-state index contributed by atoms with van der Waals surface area (Å²) in [5, 5.41) is 2.97. The Hall–Kier alpha value is -3.09. The van der Waals surface area contributed by atoms with E-state index in [-0.39, 0.29) is 35.9 Å². The number of pyridine rings is 1. The molecule has 2 amide bonds. The van der Waals surface area contributed by atoms with Gasteiger partial charge in [0.1, 0.15) is 12.4 Å². The van der Waals surface area contributed by atoms with Crippen molar-refractivity contribution in [3.05, 3.63) is 41.5 Å². The van der Waals surface area contributed by atoms with Crippen LogP contribution in [0.1, 0.15) is 44.7 Å². The number of aromatic nitrogens is 1. The van der Waals surface area contributed by atoms with E-state index >= 15 is 0 Å². The van der Waals surface area contributed by atoms with Crippen LogP contribution in [0.2, 0.25) is 0 Å². The molecule has 0 spiro atoms. The number of aryl methyl sites for hydroxylation is 1. The summed E-state index contributed by atoms with van der Waals surface area (Å²) < 4.78 is 5.75. The number of nitrogens with one attached hydrogen (secondary N) is 1. The Balaban J connectivity index is 1.90. The molecule has 0 radical (unpaired) electrons. The minimum Gasteiger partial charge on any atom is -0.474 e. The van der Waals surface area contributed by atoms with Gasteiger partial charge in [0, 0.05) is 5.69 Å². The number of rotatable bonds is 4. The van der Waals surface area contributed by atoms with E-state index in [1.165, 1.54) is 4.90 Å². The predicted octanol–water partition coefficient (Wildman–Crippen LogP) is 3.24. The average Bonchev–Trinajstić information content (AvgIpc) is 2.61. The van der Waals surface area contributed by atoms with Crippen molar-refractivity contribution < 1.29 is 14.3 Å². The largest absolute Gasteiger partial charge is 0.474 e. The first kappa shape index (κ1) is 19.7. The van der Waals surface area contributed by atoms with Gasteiger partial charge in [-0.25, -0.2) is 4.98 Å². The maximum Gasteiger partial charge on any atom is 0.272 e. The molecule has 1 aromatic heterocycles. The van der Waals surface area contributed by atoms with Gasteiger partial charge in [-0.2, -0.15) is 0 Å². The molecule has 2 heterocycles. The van der Waals surface area contributed by atoms with Gasteiger partial charge in [-0.1, -0.05) is 32.0 Å². The molecule has 7 heteroatoms. The second-order valence-electron chi connectivity index (χ2n) is 7.80. The first-order valence-electron chi connectivity index (χ1n) is 9.27. The van der Waals surface area contributed by atoms with Gasteiger partial charge in [-0.05, 0) is 49.9 Å². The third-order valence-electron chi connectivity index (χ3n) is 4.74. The lowest BCUT2D eigenvalue weighted by molar-refractivity contribution is -0.133. The predicted molar refractivity (Wildman–Crippen MR) is 110 cm³/mol. The van der Waals surface area contributed by atoms with Crippen LogP contribution in [-0.4, -0.2) is 28.9 Å². The number of hydrogen-bond acceptors (Lipinski definition) is 5. The third kappa shape index (κ3) is 3.65. The summed E-state index contributed by atoms with van der Waals surface area (Å²) in [5.74, 6) is 0.529. The number of nitrogen functional groups attached to an aromatic ring is 1. The molecular formula is C21H26N4O3. The van der Waals surface area contributed by atoms with Crippen LogP contribution in [0.5, 0.6) is 5.75 Å². The van der Waals surface area contributed by atoms with Crippen molar-refractivity contribution in [1.29, 1.82) is 0 Å². The van der Waals surface area contributed by atoms with E-state index in [1.807, 2.05) is 25.1 Å². The third-order valence-corrected chi connectivity index (χ3v) is 4.74. The van der Waals surface area contributed by atoms with Crippen LogP contribution >= 0.6 is 0 Å². The van der Waals surface area contributed by atoms with Crippen LogP contribution in [0.15, 0.2) is 30.3 Å². The lowest BCUT2D eigenvalue weighted by atomic mass is 9.98. The first-order chi connectivity index (χ1) is 13.1. The highest BCUT2D eigenvalue weighted by atomic mass is 16.5. The molecule has 0 saturated heterocycles. The molecule has 1 aliphatic heterocycles. The zero-order valence-electron chi connectivity index (χ0n) is 16.9. The summed E-state index contributed by atoms with van der Waals surface area (Å²) in [6.07, 6.45) is 0. The Bertz CT molecular complexity index is 937. The van der Waals surface area contributed by atoms with Crippen molar-refractivity contribution >= 4 is 29.1 Å². The summed E-state index contributed by atoms with van der Waals surface area (Å²) >= 11 is 0. The van der Waals surface area contributed by atoms with E-state index in [1.54, 1.807) is 26.0 Å². The standard InChI is InChI=1S/C21H26N4O3/c1-12(2)14-8-6-7-13(3)18(14)24-17(26)11-25-19-15(9-10-16(22)23-19)28-21(4,5)20(25)27/h6-10,12H,11H2,1-5H3,(H2,22,23)(H,24,26). The highest BCUT2D eigenvalue weighted by Crippen LogP contribution is 2.36. The number of nitrogens with two attached hydrogens (primary N) is 1. The van der Waals surface area contributed by atoms with Gasteiger partial charge in [0.05, 0.1) is 0 Å². The number of ether oxygens (including phenoxy) is 1. The number of fused-ring (bicyclic) bond motifs is 1. The van der Waals surface area contributed by atoms with Crippen LogP contribution < -0.4 is 20.7 Å². The van der Waals surface area contributed by atoms with E-state index in [0.29, 0.717) is 5.75 Å². The van der Waals surface area contributed by atoms with E-state index in [9.17, 15) is 9.59 Å². The molecule has 28 heavy (non-hydrogen) atoms. The van der Waals surface area contributed by atoms with Gasteiger partial charge in [-0.15, -0.1) is 0 Å². The van der Waals surface area contributed by atoms with Gasteiger partial charge in [-0.3, -0.25) is 14.5 Å². The van der Waals surface area contributed by atoms with E-state index in [2.05, 4.69) is 24.1 Å². The van der Waals surface area contributed by atoms with Crippen LogP contribution in [0.25, 0.3) is 0 Å². The number of para-hydroxylation sites is 1. The summed E-state index contributed by atoms with van der Waals surface area (Å²) in [6.45, 7) is 9.24. The molecular weight excluding hydrogens is 356 g/mol. The smallest absolute Gasteiger partial charge is 0.272 e. The Morgan fingerprint density at radius 3 is 2.68 bits per heavy atom. The van der Waals surface area contributed by atoms with Crippen molar-refractivity contribution in [3.8, 4) is 5.75 Å². The van der Waals surface area contributed by atoms with Crippen molar-refractivity contribution in [1.82, 2.24) is 4.98 Å². The normalized spacial score (nSPS) is 15.2. The zero-order chi connectivity index (χ0) is 20.6. The monoisotopic (exact) mass is 382 g/mol. The fourth-order valence-corrected chi connectivity index (χ4v) is 3.27. The van der Waals surface area contributed by atoms with Gasteiger partial charge in [0.25, 0.3) is 5.91 Å². The molecule has 0 bridgehead atoms. The number of nitrogens with zero attached hydrogens (tertiary/aromatic N) is 2. The van der Waals surface area contributed by atoms with Gasteiger partial charge >= 0.3 is 0 Å². The summed E-state index contributed by atoms with van der Waals surface area (Å²) in [4.78, 5) is 31.3.